The van der Waals surface area contributed by atoms with E-state index in [9.17, 15) is 9.59 Å². The lowest BCUT2D eigenvalue weighted by Crippen LogP contribution is -2.19. The molecule has 1 aromatic carbocycles. The molecule has 0 aliphatic heterocycles. The van der Waals surface area contributed by atoms with Crippen molar-refractivity contribution in [1.29, 1.82) is 0 Å². The number of aryl methyl sites for hydroxylation is 1. The first-order chi connectivity index (χ1) is 16.0. The molecule has 0 saturated carbocycles. The normalized spacial score (nSPS) is 12.8. The number of anilines is 1. The summed E-state index contributed by atoms with van der Waals surface area (Å²) >= 11 is 2.74. The Balaban J connectivity index is 1.48. The third kappa shape index (κ3) is 4.96. The second-order valence-electron chi connectivity index (χ2n) is 7.55. The summed E-state index contributed by atoms with van der Waals surface area (Å²) in [6.45, 7) is 4.32. The van der Waals surface area contributed by atoms with Crippen molar-refractivity contribution >= 4 is 39.9 Å². The van der Waals surface area contributed by atoms with Gasteiger partial charge in [0.2, 0.25) is 5.91 Å². The molecule has 1 aliphatic carbocycles. The van der Waals surface area contributed by atoms with E-state index in [4.69, 9.17) is 10.5 Å². The van der Waals surface area contributed by atoms with Crippen molar-refractivity contribution in [2.45, 2.75) is 37.4 Å². The monoisotopic (exact) mass is 483 g/mol. The van der Waals surface area contributed by atoms with E-state index in [1.54, 1.807) is 13.2 Å². The largest absolute Gasteiger partial charge is 0.497 e. The van der Waals surface area contributed by atoms with Crippen molar-refractivity contribution < 1.29 is 14.3 Å². The van der Waals surface area contributed by atoms with Crippen LogP contribution in [0.4, 0.5) is 5.00 Å². The summed E-state index contributed by atoms with van der Waals surface area (Å²) in [5.41, 5.74) is 7.97. The van der Waals surface area contributed by atoms with Gasteiger partial charge in [0.25, 0.3) is 5.91 Å². The fourth-order valence-electron chi connectivity index (χ4n) is 3.85. The number of thioether (sulfide) groups is 1. The number of hydrogen-bond donors (Lipinski definition) is 2. The first-order valence-corrected chi connectivity index (χ1v) is 12.4. The van der Waals surface area contributed by atoms with Gasteiger partial charge in [0.05, 0.1) is 18.4 Å². The molecule has 0 saturated heterocycles. The van der Waals surface area contributed by atoms with Crippen LogP contribution in [0, 0.1) is 0 Å². The van der Waals surface area contributed by atoms with Crippen molar-refractivity contribution in [3.05, 3.63) is 52.9 Å². The van der Waals surface area contributed by atoms with E-state index >= 15 is 0 Å². The zero-order valence-electron chi connectivity index (χ0n) is 18.3. The highest BCUT2D eigenvalue weighted by Crippen LogP contribution is 2.38. The predicted molar refractivity (Wildman–Crippen MR) is 131 cm³/mol. The minimum absolute atomic E-state index is 0.124. The van der Waals surface area contributed by atoms with E-state index in [0.717, 1.165) is 47.4 Å². The number of amides is 2. The second-order valence-corrected chi connectivity index (χ2v) is 9.60. The summed E-state index contributed by atoms with van der Waals surface area (Å²) in [5, 5.41) is 12.6. The predicted octanol–water partition coefficient (Wildman–Crippen LogP) is 3.91. The minimum Gasteiger partial charge on any atom is -0.497 e. The Morgan fingerprint density at radius 3 is 2.73 bits per heavy atom. The summed E-state index contributed by atoms with van der Waals surface area (Å²) in [5.74, 6) is 0.846. The average Bonchev–Trinajstić information content (AvgIpc) is 3.38. The molecule has 172 valence electrons. The van der Waals surface area contributed by atoms with Crippen molar-refractivity contribution in [1.82, 2.24) is 14.8 Å². The Kier molecular flexibility index (Phi) is 7.14. The van der Waals surface area contributed by atoms with Gasteiger partial charge in [-0.2, -0.15) is 0 Å². The number of methoxy groups -OCH3 is 1. The number of thiophene rings is 1. The summed E-state index contributed by atoms with van der Waals surface area (Å²) < 4.78 is 7.12. The average molecular weight is 484 g/mol. The molecule has 2 aromatic heterocycles. The molecular weight excluding hydrogens is 458 g/mol. The molecule has 0 fully saturated rings. The number of hydrogen-bond acceptors (Lipinski definition) is 7. The van der Waals surface area contributed by atoms with Gasteiger partial charge < -0.3 is 15.8 Å². The summed E-state index contributed by atoms with van der Waals surface area (Å²) in [6.07, 6.45) is 5.63. The van der Waals surface area contributed by atoms with E-state index in [1.165, 1.54) is 23.1 Å². The van der Waals surface area contributed by atoms with Crippen LogP contribution < -0.4 is 15.8 Å². The lowest BCUT2D eigenvalue weighted by Gasteiger charge is -2.11. The van der Waals surface area contributed by atoms with Crippen molar-refractivity contribution in [3.8, 4) is 17.1 Å². The molecule has 0 radical (unpaired) electrons. The highest BCUT2D eigenvalue weighted by Gasteiger charge is 2.25. The zero-order valence-corrected chi connectivity index (χ0v) is 19.9. The molecule has 0 bridgehead atoms. The molecule has 8 nitrogen and oxygen atoms in total. The molecule has 10 heteroatoms. The number of ether oxygens (including phenoxy) is 1. The van der Waals surface area contributed by atoms with E-state index in [0.29, 0.717) is 28.1 Å². The van der Waals surface area contributed by atoms with Crippen LogP contribution in [0.2, 0.25) is 0 Å². The minimum atomic E-state index is -0.493. The van der Waals surface area contributed by atoms with Gasteiger partial charge in [-0.1, -0.05) is 17.8 Å². The van der Waals surface area contributed by atoms with Gasteiger partial charge in [-0.05, 0) is 55.5 Å². The molecule has 0 spiro atoms. The first kappa shape index (κ1) is 23.1. The number of carbonyl (C=O) groups is 2. The molecule has 0 atom stereocenters. The standard InChI is InChI=1S/C23H25N5O3S2/c1-3-12-28-21(14-8-10-15(31-2)11-9-14)26-27-23(28)32-13-18(29)25-22-19(20(24)30)16-6-4-5-7-17(16)33-22/h3,8-11H,1,4-7,12-13H2,2H3,(H2,24,30)(H,25,29). The number of primary amides is 1. The molecule has 3 aromatic rings. The van der Waals surface area contributed by atoms with E-state index in [-0.39, 0.29) is 11.7 Å². The SMILES string of the molecule is C=CCn1c(SCC(=O)Nc2sc3c(c2C(N)=O)CCCC3)nnc1-c1ccc(OC)cc1. The van der Waals surface area contributed by atoms with E-state index in [2.05, 4.69) is 22.1 Å². The smallest absolute Gasteiger partial charge is 0.251 e. The Morgan fingerprint density at radius 1 is 1.27 bits per heavy atom. The summed E-state index contributed by atoms with van der Waals surface area (Å²) in [4.78, 5) is 25.9. The molecule has 0 unspecified atom stereocenters. The zero-order chi connectivity index (χ0) is 23.4. The number of benzene rings is 1. The highest BCUT2D eigenvalue weighted by molar-refractivity contribution is 7.99. The van der Waals surface area contributed by atoms with E-state index < -0.39 is 5.91 Å². The number of aromatic nitrogens is 3. The van der Waals surface area contributed by atoms with Crippen LogP contribution in [0.1, 0.15) is 33.6 Å². The molecular formula is C23H25N5O3S2. The van der Waals surface area contributed by atoms with E-state index in [1.807, 2.05) is 28.8 Å². The van der Waals surface area contributed by atoms with Crippen molar-refractivity contribution in [2.75, 3.05) is 18.2 Å². The fourth-order valence-corrected chi connectivity index (χ4v) is 5.91. The van der Waals surface area contributed by atoms with Crippen LogP contribution >= 0.6 is 23.1 Å². The van der Waals surface area contributed by atoms with Gasteiger partial charge in [-0.15, -0.1) is 28.1 Å². The number of fused-ring (bicyclic) bond motifs is 1. The van der Waals surface area contributed by atoms with Gasteiger partial charge in [-0.25, -0.2) is 0 Å². The fraction of sp³-hybridized carbons (Fsp3) is 0.304. The Morgan fingerprint density at radius 2 is 2.03 bits per heavy atom. The van der Waals surface area contributed by atoms with Crippen LogP contribution in [-0.2, 0) is 24.2 Å². The lowest BCUT2D eigenvalue weighted by atomic mass is 9.95. The molecule has 33 heavy (non-hydrogen) atoms. The number of nitrogens with one attached hydrogen (secondary N) is 1. The molecule has 2 heterocycles. The van der Waals surface area contributed by atoms with Crippen LogP contribution in [-0.4, -0.2) is 39.4 Å². The quantitative estimate of drug-likeness (QED) is 0.353. The van der Waals surface area contributed by atoms with Crippen molar-refractivity contribution in [2.24, 2.45) is 5.73 Å². The molecule has 3 N–H and O–H groups in total. The summed E-state index contributed by atoms with van der Waals surface area (Å²) in [7, 11) is 1.62. The van der Waals surface area contributed by atoms with Gasteiger partial charge >= 0.3 is 0 Å². The molecule has 1 aliphatic rings. The van der Waals surface area contributed by atoms with Gasteiger partial charge in [0, 0.05) is 17.0 Å². The van der Waals surface area contributed by atoms with Crippen LogP contribution in [0.25, 0.3) is 11.4 Å². The third-order valence-electron chi connectivity index (χ3n) is 5.38. The van der Waals surface area contributed by atoms with Crippen LogP contribution in [0.3, 0.4) is 0 Å². The third-order valence-corrected chi connectivity index (χ3v) is 7.55. The molecule has 2 amide bonds. The summed E-state index contributed by atoms with van der Waals surface area (Å²) in [6, 6.07) is 7.54. The first-order valence-electron chi connectivity index (χ1n) is 10.6. The van der Waals surface area contributed by atoms with Gasteiger partial charge in [0.15, 0.2) is 11.0 Å². The van der Waals surface area contributed by atoms with Gasteiger partial charge in [-0.3, -0.25) is 14.2 Å². The number of rotatable bonds is 9. The topological polar surface area (TPSA) is 112 Å². The van der Waals surface area contributed by atoms with Crippen LogP contribution in [0.5, 0.6) is 5.75 Å². The number of allylic oxidation sites excluding steroid dienone is 1. The number of nitrogens with two attached hydrogens (primary N) is 1. The Labute approximate surface area is 200 Å². The Bertz CT molecular complexity index is 1180. The number of carbonyl (C=O) groups excluding carboxylic acids is 2. The highest BCUT2D eigenvalue weighted by atomic mass is 32.2. The van der Waals surface area contributed by atoms with Crippen LogP contribution in [0.15, 0.2) is 42.1 Å². The maximum Gasteiger partial charge on any atom is 0.251 e. The lowest BCUT2D eigenvalue weighted by molar-refractivity contribution is -0.113. The second kappa shape index (κ2) is 10.2. The van der Waals surface area contributed by atoms with Gasteiger partial charge in [0.1, 0.15) is 10.8 Å². The maximum atomic E-state index is 12.7. The molecule has 4 rings (SSSR count). The Hall–Kier alpha value is -3.11. The maximum absolute atomic E-state index is 12.7. The number of nitrogens with zero attached hydrogens (tertiary/aromatic N) is 3. The van der Waals surface area contributed by atoms with Crippen molar-refractivity contribution in [3.63, 3.8) is 0 Å².